The van der Waals surface area contributed by atoms with Crippen molar-refractivity contribution in [3.05, 3.63) is 0 Å². The first-order valence-electron chi connectivity index (χ1n) is 6.48. The van der Waals surface area contributed by atoms with Crippen molar-refractivity contribution >= 4 is 5.91 Å². The molecule has 1 aliphatic rings. The van der Waals surface area contributed by atoms with Gasteiger partial charge in [-0.05, 0) is 12.8 Å². The Bertz CT molecular complexity index is 206. The Balaban J connectivity index is 1.93. The van der Waals surface area contributed by atoms with E-state index in [1.807, 2.05) is 0 Å². The lowest BCUT2D eigenvalue weighted by atomic mass is 10.2. The van der Waals surface area contributed by atoms with Gasteiger partial charge in [-0.2, -0.15) is 0 Å². The summed E-state index contributed by atoms with van der Waals surface area (Å²) in [6.07, 6.45) is 2.41. The van der Waals surface area contributed by atoms with Gasteiger partial charge in [-0.25, -0.2) is 0 Å². The van der Waals surface area contributed by atoms with Gasteiger partial charge in [0.15, 0.2) is 0 Å². The Hall–Kier alpha value is -0.650. The second kappa shape index (κ2) is 9.39. The Labute approximate surface area is 103 Å². The summed E-state index contributed by atoms with van der Waals surface area (Å²) in [6, 6.07) is 0.167. The summed E-state index contributed by atoms with van der Waals surface area (Å²) in [6.45, 7) is 6.51. The number of hydrogen-bond donors (Lipinski definition) is 2. The van der Waals surface area contributed by atoms with Crippen molar-refractivity contribution in [3.63, 3.8) is 0 Å². The topological polar surface area (TPSA) is 59.6 Å². The van der Waals surface area contributed by atoms with Crippen LogP contribution in [0, 0.1) is 0 Å². The van der Waals surface area contributed by atoms with Gasteiger partial charge in [0, 0.05) is 38.8 Å². The molecule has 0 bridgehead atoms. The maximum absolute atomic E-state index is 11.6. The predicted molar refractivity (Wildman–Crippen MR) is 66.0 cm³/mol. The lowest BCUT2D eigenvalue weighted by molar-refractivity contribution is -0.122. The molecule has 0 aliphatic carbocycles. The SMILES string of the molecule is CCCOCCCNC(=O)CC1COCCN1. The second-order valence-electron chi connectivity index (χ2n) is 4.25. The zero-order valence-electron chi connectivity index (χ0n) is 10.7. The molecule has 0 spiro atoms. The van der Waals surface area contributed by atoms with Crippen LogP contribution in [0.1, 0.15) is 26.2 Å². The highest BCUT2D eigenvalue weighted by Gasteiger charge is 2.16. The molecule has 0 radical (unpaired) electrons. The van der Waals surface area contributed by atoms with Gasteiger partial charge in [0.1, 0.15) is 0 Å². The van der Waals surface area contributed by atoms with Crippen LogP contribution in [0.15, 0.2) is 0 Å². The molecule has 5 nitrogen and oxygen atoms in total. The Morgan fingerprint density at radius 1 is 1.53 bits per heavy atom. The fraction of sp³-hybridized carbons (Fsp3) is 0.917. The molecule has 1 aliphatic heterocycles. The maximum Gasteiger partial charge on any atom is 0.221 e. The third-order valence-electron chi connectivity index (χ3n) is 2.57. The molecule has 1 amide bonds. The van der Waals surface area contributed by atoms with Crippen molar-refractivity contribution < 1.29 is 14.3 Å². The summed E-state index contributed by atoms with van der Waals surface area (Å²) in [5.74, 6) is 0.0866. The zero-order chi connectivity index (χ0) is 12.3. The molecule has 1 unspecified atom stereocenters. The molecule has 100 valence electrons. The number of morpholine rings is 1. The van der Waals surface area contributed by atoms with Gasteiger partial charge in [0.05, 0.1) is 13.2 Å². The highest BCUT2D eigenvalue weighted by Crippen LogP contribution is 1.98. The van der Waals surface area contributed by atoms with Crippen molar-refractivity contribution in [1.29, 1.82) is 0 Å². The molecule has 2 N–H and O–H groups in total. The van der Waals surface area contributed by atoms with Crippen LogP contribution in [-0.4, -0.2) is 51.5 Å². The lowest BCUT2D eigenvalue weighted by Crippen LogP contribution is -2.44. The van der Waals surface area contributed by atoms with Crippen LogP contribution in [0.5, 0.6) is 0 Å². The lowest BCUT2D eigenvalue weighted by Gasteiger charge is -2.23. The number of hydrogen-bond acceptors (Lipinski definition) is 4. The minimum Gasteiger partial charge on any atom is -0.381 e. The molecule has 17 heavy (non-hydrogen) atoms. The van der Waals surface area contributed by atoms with E-state index in [2.05, 4.69) is 17.6 Å². The number of nitrogens with one attached hydrogen (secondary N) is 2. The van der Waals surface area contributed by atoms with Crippen molar-refractivity contribution in [2.24, 2.45) is 0 Å². The normalized spacial score (nSPS) is 20.2. The first kappa shape index (κ1) is 14.4. The van der Waals surface area contributed by atoms with Crippen molar-refractivity contribution in [2.45, 2.75) is 32.2 Å². The van der Waals surface area contributed by atoms with Crippen LogP contribution < -0.4 is 10.6 Å². The molecule has 1 rings (SSSR count). The summed E-state index contributed by atoms with van der Waals surface area (Å²) in [5, 5.41) is 6.15. The molecule has 0 aromatic heterocycles. The van der Waals surface area contributed by atoms with E-state index in [0.717, 1.165) is 39.2 Å². The first-order chi connectivity index (χ1) is 8.33. The zero-order valence-corrected chi connectivity index (χ0v) is 10.7. The van der Waals surface area contributed by atoms with E-state index in [1.54, 1.807) is 0 Å². The molecule has 1 fully saturated rings. The van der Waals surface area contributed by atoms with E-state index >= 15 is 0 Å². The average molecular weight is 244 g/mol. The summed E-state index contributed by atoms with van der Waals surface area (Å²) in [7, 11) is 0. The smallest absolute Gasteiger partial charge is 0.221 e. The number of rotatable bonds is 8. The summed E-state index contributed by atoms with van der Waals surface area (Å²) >= 11 is 0. The monoisotopic (exact) mass is 244 g/mol. The standard InChI is InChI=1S/C12H24N2O3/c1-2-6-16-7-3-4-14-12(15)9-11-10-17-8-5-13-11/h11,13H,2-10H2,1H3,(H,14,15). The van der Waals surface area contributed by atoms with E-state index in [9.17, 15) is 4.79 Å². The molecule has 1 saturated heterocycles. The largest absolute Gasteiger partial charge is 0.381 e. The van der Waals surface area contributed by atoms with E-state index < -0.39 is 0 Å². The molecule has 0 saturated carbocycles. The van der Waals surface area contributed by atoms with Gasteiger partial charge in [-0.3, -0.25) is 4.79 Å². The van der Waals surface area contributed by atoms with Gasteiger partial charge in [0.25, 0.3) is 0 Å². The number of carbonyl (C=O) groups is 1. The van der Waals surface area contributed by atoms with E-state index in [-0.39, 0.29) is 11.9 Å². The van der Waals surface area contributed by atoms with Gasteiger partial charge in [0.2, 0.25) is 5.91 Å². The fourth-order valence-electron chi connectivity index (χ4n) is 1.70. The summed E-state index contributed by atoms with van der Waals surface area (Å²) < 4.78 is 10.6. The maximum atomic E-state index is 11.6. The summed E-state index contributed by atoms with van der Waals surface area (Å²) in [5.41, 5.74) is 0. The van der Waals surface area contributed by atoms with Gasteiger partial charge < -0.3 is 20.1 Å². The molecule has 0 aromatic rings. The van der Waals surface area contributed by atoms with Crippen LogP contribution in [0.4, 0.5) is 0 Å². The highest BCUT2D eigenvalue weighted by molar-refractivity contribution is 5.76. The van der Waals surface area contributed by atoms with E-state index in [0.29, 0.717) is 19.6 Å². The van der Waals surface area contributed by atoms with Crippen LogP contribution in [0.2, 0.25) is 0 Å². The molecule has 1 heterocycles. The first-order valence-corrected chi connectivity index (χ1v) is 6.48. The van der Waals surface area contributed by atoms with Crippen molar-refractivity contribution in [1.82, 2.24) is 10.6 Å². The Morgan fingerprint density at radius 3 is 3.12 bits per heavy atom. The van der Waals surface area contributed by atoms with Gasteiger partial charge >= 0.3 is 0 Å². The molecular weight excluding hydrogens is 220 g/mol. The number of carbonyl (C=O) groups excluding carboxylic acids is 1. The summed E-state index contributed by atoms with van der Waals surface area (Å²) in [4.78, 5) is 11.6. The Kier molecular flexibility index (Phi) is 7.96. The minimum absolute atomic E-state index is 0.0866. The average Bonchev–Trinajstić information content (AvgIpc) is 2.35. The van der Waals surface area contributed by atoms with Crippen LogP contribution in [-0.2, 0) is 14.3 Å². The highest BCUT2D eigenvalue weighted by atomic mass is 16.5. The number of ether oxygens (including phenoxy) is 2. The van der Waals surface area contributed by atoms with E-state index in [1.165, 1.54) is 0 Å². The number of amides is 1. The van der Waals surface area contributed by atoms with Crippen molar-refractivity contribution in [2.75, 3.05) is 39.5 Å². The van der Waals surface area contributed by atoms with Crippen LogP contribution in [0.25, 0.3) is 0 Å². The second-order valence-corrected chi connectivity index (χ2v) is 4.25. The predicted octanol–water partition coefficient (Wildman–Crippen LogP) is 0.298. The van der Waals surface area contributed by atoms with Gasteiger partial charge in [-0.15, -0.1) is 0 Å². The van der Waals surface area contributed by atoms with Crippen molar-refractivity contribution in [3.8, 4) is 0 Å². The molecule has 0 aromatic carbocycles. The van der Waals surface area contributed by atoms with Crippen LogP contribution >= 0.6 is 0 Å². The molecule has 1 atom stereocenters. The Morgan fingerprint density at radius 2 is 2.41 bits per heavy atom. The van der Waals surface area contributed by atoms with Gasteiger partial charge in [-0.1, -0.05) is 6.92 Å². The van der Waals surface area contributed by atoms with E-state index in [4.69, 9.17) is 9.47 Å². The minimum atomic E-state index is 0.0866. The third-order valence-corrected chi connectivity index (χ3v) is 2.57. The molecule has 5 heteroatoms. The third kappa shape index (κ3) is 7.31. The molecular formula is C12H24N2O3. The quantitative estimate of drug-likeness (QED) is 0.603. The fourth-order valence-corrected chi connectivity index (χ4v) is 1.70. The van der Waals surface area contributed by atoms with Crippen LogP contribution in [0.3, 0.4) is 0 Å².